The van der Waals surface area contributed by atoms with Crippen molar-refractivity contribution in [1.29, 1.82) is 0 Å². The summed E-state index contributed by atoms with van der Waals surface area (Å²) in [5.41, 5.74) is 8.54. The minimum Gasteiger partial charge on any atom is -0.340 e. The molecular weight excluding hydrogens is 591 g/mol. The molecule has 0 atom stereocenters. The van der Waals surface area contributed by atoms with Crippen LogP contribution in [0.1, 0.15) is 5.56 Å². The van der Waals surface area contributed by atoms with Crippen LogP contribution in [-0.2, 0) is 6.42 Å². The van der Waals surface area contributed by atoms with Gasteiger partial charge in [0, 0.05) is 30.6 Å². The van der Waals surface area contributed by atoms with Crippen molar-refractivity contribution in [1.82, 2.24) is 9.97 Å². The molecule has 7 aromatic rings. The van der Waals surface area contributed by atoms with E-state index in [1.54, 1.807) is 0 Å². The van der Waals surface area contributed by atoms with Gasteiger partial charge in [-0.2, -0.15) is 0 Å². The molecule has 0 aliphatic carbocycles. The zero-order chi connectivity index (χ0) is 31.3. The Kier molecular flexibility index (Phi) is 6.54. The molecule has 4 heterocycles. The second-order valence-electron chi connectivity index (χ2n) is 11.9. The lowest BCUT2D eigenvalue weighted by atomic mass is 10.0. The largest absolute Gasteiger partial charge is 0.340 e. The van der Waals surface area contributed by atoms with Crippen LogP contribution in [0.2, 0.25) is 0 Å². The molecule has 0 unspecified atom stereocenters. The number of fused-ring (bicyclic) bond motifs is 4. The number of hydrogen-bond donors (Lipinski definition) is 0. The third-order valence-electron chi connectivity index (χ3n) is 9.17. The normalized spacial score (nSPS) is 13.1. The Bertz CT molecular complexity index is 2280. The second-order valence-corrected chi connectivity index (χ2v) is 14.3. The van der Waals surface area contributed by atoms with Gasteiger partial charge < -0.3 is 4.90 Å². The monoisotopic (exact) mass is 620 g/mol. The number of benzene rings is 5. The van der Waals surface area contributed by atoms with Crippen LogP contribution in [0.4, 0.5) is 34.4 Å². The lowest BCUT2D eigenvalue weighted by molar-refractivity contribution is 1.07. The Morgan fingerprint density at radius 1 is 0.617 bits per heavy atom. The van der Waals surface area contributed by atoms with Crippen molar-refractivity contribution in [2.75, 3.05) is 16.8 Å². The SMILES string of the molecule is CN1c2ccccc2N(c2cccc(-c3cccc4c3CC=N4)n2)c2nc3c([Si](c4ccccc4)c4ccccc4)cccc3cc21. The first-order valence-corrected chi connectivity index (χ1v) is 17.4. The van der Waals surface area contributed by atoms with E-state index >= 15 is 0 Å². The van der Waals surface area contributed by atoms with Gasteiger partial charge in [-0.15, -0.1) is 0 Å². The molecule has 0 saturated carbocycles. The van der Waals surface area contributed by atoms with E-state index in [2.05, 4.69) is 167 Å². The molecule has 1 radical (unpaired) electrons. The quantitative estimate of drug-likeness (QED) is 0.147. The molecule has 5 nitrogen and oxygen atoms in total. The van der Waals surface area contributed by atoms with Gasteiger partial charge in [0.25, 0.3) is 0 Å². The van der Waals surface area contributed by atoms with E-state index in [9.17, 15) is 0 Å². The van der Waals surface area contributed by atoms with Gasteiger partial charge in [0.05, 0.1) is 34.0 Å². The maximum atomic E-state index is 5.60. The van der Waals surface area contributed by atoms with E-state index in [-0.39, 0.29) is 0 Å². The molecule has 0 saturated heterocycles. The predicted octanol–water partition coefficient (Wildman–Crippen LogP) is 7.62. The van der Waals surface area contributed by atoms with Crippen molar-refractivity contribution in [3.8, 4) is 11.3 Å². The van der Waals surface area contributed by atoms with Crippen LogP contribution < -0.4 is 25.4 Å². The fourth-order valence-corrected chi connectivity index (χ4v) is 9.68. The first-order chi connectivity index (χ1) is 23.2. The third-order valence-corrected chi connectivity index (χ3v) is 11.9. The molecule has 47 heavy (non-hydrogen) atoms. The van der Waals surface area contributed by atoms with Crippen LogP contribution in [-0.4, -0.2) is 32.0 Å². The summed E-state index contributed by atoms with van der Waals surface area (Å²) in [6, 6.07) is 51.9. The molecule has 5 aromatic carbocycles. The van der Waals surface area contributed by atoms with Gasteiger partial charge in [-0.3, -0.25) is 9.89 Å². The van der Waals surface area contributed by atoms with Gasteiger partial charge in [0.2, 0.25) is 0 Å². The van der Waals surface area contributed by atoms with Gasteiger partial charge in [-0.25, -0.2) is 9.97 Å². The van der Waals surface area contributed by atoms with Crippen LogP contribution in [0.5, 0.6) is 0 Å². The molecule has 2 aliphatic rings. The number of para-hydroxylation sites is 3. The van der Waals surface area contributed by atoms with Crippen molar-refractivity contribution in [3.05, 3.63) is 151 Å². The van der Waals surface area contributed by atoms with Crippen molar-refractivity contribution in [2.24, 2.45) is 4.99 Å². The van der Waals surface area contributed by atoms with Gasteiger partial charge in [0.1, 0.15) is 5.82 Å². The smallest absolute Gasteiger partial charge is 0.163 e. The summed E-state index contributed by atoms with van der Waals surface area (Å²) < 4.78 is 0. The van der Waals surface area contributed by atoms with E-state index < -0.39 is 8.80 Å². The Labute approximate surface area is 275 Å². The number of aliphatic imine (C=N–C) groups is 1. The Morgan fingerprint density at radius 2 is 1.32 bits per heavy atom. The molecule has 2 aromatic heterocycles. The van der Waals surface area contributed by atoms with E-state index in [1.165, 1.54) is 21.1 Å². The molecule has 2 aliphatic heterocycles. The highest BCUT2D eigenvalue weighted by Gasteiger charge is 2.32. The fraction of sp³-hybridized carbons (Fsp3) is 0.0488. The zero-order valence-corrected chi connectivity index (χ0v) is 26.9. The van der Waals surface area contributed by atoms with Crippen molar-refractivity contribution < 1.29 is 0 Å². The number of pyridine rings is 2. The minimum atomic E-state index is -1.35. The lowest BCUT2D eigenvalue weighted by Crippen LogP contribution is -2.52. The average Bonchev–Trinajstić information content (AvgIpc) is 3.62. The summed E-state index contributed by atoms with van der Waals surface area (Å²) >= 11 is 0. The molecular formula is C41H30N5Si. The average molecular weight is 621 g/mol. The van der Waals surface area contributed by atoms with Crippen molar-refractivity contribution in [3.63, 3.8) is 0 Å². The zero-order valence-electron chi connectivity index (χ0n) is 25.9. The first kappa shape index (κ1) is 27.5. The highest BCUT2D eigenvalue weighted by Crippen LogP contribution is 2.50. The Morgan fingerprint density at radius 3 is 2.11 bits per heavy atom. The number of rotatable bonds is 5. The van der Waals surface area contributed by atoms with Crippen molar-refractivity contribution in [2.45, 2.75) is 6.42 Å². The van der Waals surface area contributed by atoms with Crippen LogP contribution in [0.15, 0.2) is 151 Å². The fourth-order valence-electron chi connectivity index (χ4n) is 6.97. The van der Waals surface area contributed by atoms with Gasteiger partial charge >= 0.3 is 0 Å². The molecule has 0 N–H and O–H groups in total. The van der Waals surface area contributed by atoms with Crippen molar-refractivity contribution >= 4 is 75.9 Å². The van der Waals surface area contributed by atoms with Gasteiger partial charge in [-0.1, -0.05) is 120 Å². The Hall–Kier alpha value is -5.85. The third kappa shape index (κ3) is 4.56. The summed E-state index contributed by atoms with van der Waals surface area (Å²) in [5, 5.41) is 5.08. The predicted molar refractivity (Wildman–Crippen MR) is 197 cm³/mol. The molecule has 6 heteroatoms. The standard InChI is InChI=1S/C41H30N5Si/c1-45-35-21-8-9-22-36(35)46(39-24-12-20-34(43-39)31-18-11-19-33-32(31)25-26-42-33)41-37(45)27-28-13-10-23-38(40(28)44-41)47(29-14-4-2-5-15-29)30-16-6-3-7-17-30/h2-24,26-27H,25H2,1H3. The lowest BCUT2D eigenvalue weighted by Gasteiger charge is -2.37. The molecule has 0 fully saturated rings. The van der Waals surface area contributed by atoms with E-state index in [1.807, 2.05) is 6.21 Å². The van der Waals surface area contributed by atoms with Crippen LogP contribution in [0.3, 0.4) is 0 Å². The summed E-state index contributed by atoms with van der Waals surface area (Å²) in [7, 11) is 0.779. The topological polar surface area (TPSA) is 44.6 Å². The number of nitrogens with zero attached hydrogens (tertiary/aromatic N) is 5. The first-order valence-electron chi connectivity index (χ1n) is 15.9. The minimum absolute atomic E-state index is 0.820. The number of aromatic nitrogens is 2. The molecule has 0 bridgehead atoms. The highest BCUT2D eigenvalue weighted by atomic mass is 28.3. The second kappa shape index (κ2) is 11.2. The van der Waals surface area contributed by atoms with E-state index in [0.29, 0.717) is 0 Å². The molecule has 223 valence electrons. The van der Waals surface area contributed by atoms with Gasteiger partial charge in [-0.05, 0) is 47.1 Å². The van der Waals surface area contributed by atoms with Gasteiger partial charge in [0.15, 0.2) is 14.6 Å². The molecule has 0 spiro atoms. The summed E-state index contributed by atoms with van der Waals surface area (Å²) in [6.07, 6.45) is 2.80. The summed E-state index contributed by atoms with van der Waals surface area (Å²) in [5.74, 6) is 1.71. The van der Waals surface area contributed by atoms with Crippen LogP contribution in [0.25, 0.3) is 22.2 Å². The Balaban J connectivity index is 1.27. The molecule has 0 amide bonds. The maximum absolute atomic E-state index is 5.60. The number of anilines is 5. The van der Waals surface area contributed by atoms with Crippen LogP contribution in [0, 0.1) is 0 Å². The highest BCUT2D eigenvalue weighted by molar-refractivity contribution is 6.96. The molecule has 9 rings (SSSR count). The maximum Gasteiger partial charge on any atom is 0.163 e. The summed E-state index contributed by atoms with van der Waals surface area (Å²) in [4.78, 5) is 20.0. The number of hydrogen-bond acceptors (Lipinski definition) is 5. The summed E-state index contributed by atoms with van der Waals surface area (Å²) in [6.45, 7) is 0. The van der Waals surface area contributed by atoms with Crippen LogP contribution >= 0.6 is 0 Å². The van der Waals surface area contributed by atoms with E-state index in [4.69, 9.17) is 9.97 Å². The van der Waals surface area contributed by atoms with E-state index in [0.717, 1.165) is 63.0 Å².